The van der Waals surface area contributed by atoms with E-state index in [9.17, 15) is 14.0 Å². The number of nitrogens with one attached hydrogen (secondary N) is 2. The average Bonchev–Trinajstić information content (AvgIpc) is 2.59. The zero-order valence-corrected chi connectivity index (χ0v) is 13.7. The molecule has 1 heterocycles. The summed E-state index contributed by atoms with van der Waals surface area (Å²) in [5.74, 6) is -0.697. The predicted molar refractivity (Wildman–Crippen MR) is 89.0 cm³/mol. The zero-order chi connectivity index (χ0) is 17.5. The number of carbonyl (C=O) groups excluding carboxylic acids is 2. The van der Waals surface area contributed by atoms with Gasteiger partial charge in [-0.2, -0.15) is 0 Å². The standard InChI is InChI=1S/C18H20FN3O2/c1-12(2)10-20-17(23)15-4-3-5-16(22-15)18(24)21-11-13-6-8-14(19)9-7-13/h3-9,12H,10-11H2,1-2H3,(H,20,23)(H,21,24). The van der Waals surface area contributed by atoms with Crippen LogP contribution in [0.5, 0.6) is 0 Å². The summed E-state index contributed by atoms with van der Waals surface area (Å²) in [5, 5.41) is 5.45. The lowest BCUT2D eigenvalue weighted by Crippen LogP contribution is -2.29. The number of aromatic nitrogens is 1. The monoisotopic (exact) mass is 329 g/mol. The second-order valence-electron chi connectivity index (χ2n) is 5.82. The van der Waals surface area contributed by atoms with Gasteiger partial charge < -0.3 is 10.6 Å². The van der Waals surface area contributed by atoms with Gasteiger partial charge in [0.25, 0.3) is 11.8 Å². The van der Waals surface area contributed by atoms with Crippen molar-refractivity contribution >= 4 is 11.8 Å². The molecule has 0 saturated carbocycles. The highest BCUT2D eigenvalue weighted by Gasteiger charge is 2.12. The number of hydrogen-bond acceptors (Lipinski definition) is 3. The SMILES string of the molecule is CC(C)CNC(=O)c1cccc(C(=O)NCc2ccc(F)cc2)n1. The highest BCUT2D eigenvalue weighted by molar-refractivity contribution is 5.96. The van der Waals surface area contributed by atoms with Crippen LogP contribution in [-0.2, 0) is 6.54 Å². The predicted octanol–water partition coefficient (Wildman–Crippen LogP) is 2.54. The van der Waals surface area contributed by atoms with Gasteiger partial charge in [0.05, 0.1) is 0 Å². The number of halogens is 1. The largest absolute Gasteiger partial charge is 0.350 e. The lowest BCUT2D eigenvalue weighted by atomic mass is 10.2. The third-order valence-electron chi connectivity index (χ3n) is 3.25. The first kappa shape index (κ1) is 17.6. The topological polar surface area (TPSA) is 71.1 Å². The van der Waals surface area contributed by atoms with Crippen LogP contribution in [-0.4, -0.2) is 23.3 Å². The minimum Gasteiger partial charge on any atom is -0.350 e. The Labute approximate surface area is 140 Å². The Balaban J connectivity index is 1.98. The molecule has 0 bridgehead atoms. The third kappa shape index (κ3) is 5.15. The summed E-state index contributed by atoms with van der Waals surface area (Å²) in [6.07, 6.45) is 0. The normalized spacial score (nSPS) is 10.5. The van der Waals surface area contributed by atoms with Crippen molar-refractivity contribution < 1.29 is 14.0 Å². The number of carbonyl (C=O) groups is 2. The van der Waals surface area contributed by atoms with Crippen LogP contribution in [0.1, 0.15) is 40.4 Å². The van der Waals surface area contributed by atoms with E-state index < -0.39 is 5.91 Å². The Morgan fingerprint density at radius 3 is 2.17 bits per heavy atom. The van der Waals surface area contributed by atoms with E-state index in [0.717, 1.165) is 5.56 Å². The maximum atomic E-state index is 12.8. The quantitative estimate of drug-likeness (QED) is 0.855. The molecule has 0 atom stereocenters. The smallest absolute Gasteiger partial charge is 0.270 e. The Bertz CT molecular complexity index is 714. The highest BCUT2D eigenvalue weighted by atomic mass is 19.1. The fourth-order valence-electron chi connectivity index (χ4n) is 1.95. The van der Waals surface area contributed by atoms with E-state index >= 15 is 0 Å². The highest BCUT2D eigenvalue weighted by Crippen LogP contribution is 2.04. The molecule has 0 saturated heterocycles. The minimum atomic E-state index is -0.391. The molecule has 24 heavy (non-hydrogen) atoms. The Morgan fingerprint density at radius 1 is 1.00 bits per heavy atom. The first-order valence-corrected chi connectivity index (χ1v) is 7.73. The molecule has 5 nitrogen and oxygen atoms in total. The van der Waals surface area contributed by atoms with Gasteiger partial charge in [-0.3, -0.25) is 9.59 Å². The third-order valence-corrected chi connectivity index (χ3v) is 3.25. The molecule has 2 rings (SSSR count). The maximum Gasteiger partial charge on any atom is 0.270 e. The van der Waals surface area contributed by atoms with Gasteiger partial charge in [0.1, 0.15) is 17.2 Å². The van der Waals surface area contributed by atoms with Crippen molar-refractivity contribution in [2.24, 2.45) is 5.92 Å². The van der Waals surface area contributed by atoms with E-state index in [1.807, 2.05) is 13.8 Å². The second kappa shape index (κ2) is 8.19. The number of hydrogen-bond donors (Lipinski definition) is 2. The number of rotatable bonds is 6. The second-order valence-corrected chi connectivity index (χ2v) is 5.82. The van der Waals surface area contributed by atoms with E-state index in [0.29, 0.717) is 12.5 Å². The molecule has 0 aliphatic carbocycles. The molecule has 0 aliphatic rings. The van der Waals surface area contributed by atoms with Crippen molar-refractivity contribution in [1.29, 1.82) is 0 Å². The number of pyridine rings is 1. The summed E-state index contributed by atoms with van der Waals surface area (Å²) in [7, 11) is 0. The summed E-state index contributed by atoms with van der Waals surface area (Å²) in [6.45, 7) is 4.78. The zero-order valence-electron chi connectivity index (χ0n) is 13.7. The van der Waals surface area contributed by atoms with Gasteiger partial charge >= 0.3 is 0 Å². The summed E-state index contributed by atoms with van der Waals surface area (Å²) < 4.78 is 12.8. The van der Waals surface area contributed by atoms with Crippen LogP contribution in [0.3, 0.4) is 0 Å². The van der Waals surface area contributed by atoms with Gasteiger partial charge in [0, 0.05) is 13.1 Å². The molecule has 126 valence electrons. The molecule has 0 fully saturated rings. The lowest BCUT2D eigenvalue weighted by Gasteiger charge is -2.08. The number of benzene rings is 1. The molecule has 6 heteroatoms. The molecule has 0 radical (unpaired) electrons. The van der Waals surface area contributed by atoms with Gasteiger partial charge in [-0.05, 0) is 35.7 Å². The fourth-order valence-corrected chi connectivity index (χ4v) is 1.95. The van der Waals surface area contributed by atoms with Crippen molar-refractivity contribution in [2.45, 2.75) is 20.4 Å². The average molecular weight is 329 g/mol. The summed E-state index contributed by atoms with van der Waals surface area (Å²) >= 11 is 0. The Morgan fingerprint density at radius 2 is 1.58 bits per heavy atom. The molecule has 2 aromatic rings. The summed E-state index contributed by atoms with van der Waals surface area (Å²) in [4.78, 5) is 28.2. The van der Waals surface area contributed by atoms with Crippen LogP contribution in [0, 0.1) is 11.7 Å². The van der Waals surface area contributed by atoms with Crippen LogP contribution in [0.25, 0.3) is 0 Å². The van der Waals surface area contributed by atoms with E-state index in [1.54, 1.807) is 30.3 Å². The summed E-state index contributed by atoms with van der Waals surface area (Å²) in [6, 6.07) is 10.6. The first-order chi connectivity index (χ1) is 11.5. The van der Waals surface area contributed by atoms with Crippen molar-refractivity contribution in [1.82, 2.24) is 15.6 Å². The van der Waals surface area contributed by atoms with Crippen molar-refractivity contribution in [3.05, 3.63) is 65.2 Å². The number of nitrogens with zero attached hydrogens (tertiary/aromatic N) is 1. The number of amides is 2. The van der Waals surface area contributed by atoms with Gasteiger partial charge in [-0.25, -0.2) is 9.37 Å². The van der Waals surface area contributed by atoms with Crippen LogP contribution in [0.4, 0.5) is 4.39 Å². The molecular weight excluding hydrogens is 309 g/mol. The van der Waals surface area contributed by atoms with Crippen molar-refractivity contribution in [3.8, 4) is 0 Å². The van der Waals surface area contributed by atoms with Gasteiger partial charge in [0.2, 0.25) is 0 Å². The Kier molecular flexibility index (Phi) is 6.01. The van der Waals surface area contributed by atoms with Gasteiger partial charge in [-0.1, -0.05) is 32.0 Å². The van der Waals surface area contributed by atoms with Crippen LogP contribution < -0.4 is 10.6 Å². The van der Waals surface area contributed by atoms with E-state index in [4.69, 9.17) is 0 Å². The fraction of sp³-hybridized carbons (Fsp3) is 0.278. The van der Waals surface area contributed by atoms with Gasteiger partial charge in [0.15, 0.2) is 0 Å². The molecule has 0 aliphatic heterocycles. The minimum absolute atomic E-state index is 0.161. The van der Waals surface area contributed by atoms with Crippen LogP contribution >= 0.6 is 0 Å². The van der Waals surface area contributed by atoms with Crippen LogP contribution in [0.15, 0.2) is 42.5 Å². The first-order valence-electron chi connectivity index (χ1n) is 7.73. The van der Waals surface area contributed by atoms with Gasteiger partial charge in [-0.15, -0.1) is 0 Å². The molecule has 0 unspecified atom stereocenters. The lowest BCUT2D eigenvalue weighted by molar-refractivity contribution is 0.0940. The van der Waals surface area contributed by atoms with E-state index in [2.05, 4.69) is 15.6 Å². The molecular formula is C18H20FN3O2. The molecule has 2 amide bonds. The van der Waals surface area contributed by atoms with Crippen molar-refractivity contribution in [3.63, 3.8) is 0 Å². The maximum absolute atomic E-state index is 12.8. The molecule has 2 N–H and O–H groups in total. The van der Waals surface area contributed by atoms with E-state index in [-0.39, 0.29) is 29.7 Å². The van der Waals surface area contributed by atoms with Crippen LogP contribution in [0.2, 0.25) is 0 Å². The molecule has 0 spiro atoms. The Hall–Kier alpha value is -2.76. The molecule has 1 aromatic heterocycles. The van der Waals surface area contributed by atoms with E-state index in [1.165, 1.54) is 12.1 Å². The summed E-state index contributed by atoms with van der Waals surface area (Å²) in [5.41, 5.74) is 1.13. The van der Waals surface area contributed by atoms with Crippen molar-refractivity contribution in [2.75, 3.05) is 6.54 Å². The molecule has 1 aromatic carbocycles.